The Kier molecular flexibility index (Phi) is 8.54. The average Bonchev–Trinajstić information content (AvgIpc) is 2.68. The van der Waals surface area contributed by atoms with Crippen LogP contribution in [0.5, 0.6) is 5.75 Å². The van der Waals surface area contributed by atoms with Crippen molar-refractivity contribution >= 4 is 18.1 Å². The number of benzene rings is 2. The molecule has 0 bridgehead atoms. The first-order valence-electron chi connectivity index (χ1n) is 9.86. The third-order valence-corrected chi connectivity index (χ3v) is 4.31. The van der Waals surface area contributed by atoms with Crippen LogP contribution in [0.4, 0.5) is 0 Å². The lowest BCUT2D eigenvalue weighted by atomic mass is 10.1. The molecule has 0 saturated heterocycles. The van der Waals surface area contributed by atoms with Gasteiger partial charge in [-0.05, 0) is 37.5 Å². The highest BCUT2D eigenvalue weighted by Crippen LogP contribution is 2.26. The second-order valence-corrected chi connectivity index (χ2v) is 7.01. The standard InChI is InChI=1S/C25H30O3/c1-5-6-8-13-24(28-25(26)19(2)3)27-23-18-20(4)14-16-22(23)17-15-21-11-9-7-10-12-21/h7,9-12,14-18,24H,2,5-6,8,13H2,1,3-4H3/b17-15+. The van der Waals surface area contributed by atoms with Gasteiger partial charge in [0.1, 0.15) is 5.75 Å². The summed E-state index contributed by atoms with van der Waals surface area (Å²) in [6, 6.07) is 16.2. The first-order chi connectivity index (χ1) is 13.5. The Balaban J connectivity index is 2.21. The molecule has 0 aliphatic heterocycles. The van der Waals surface area contributed by atoms with Crippen molar-refractivity contribution < 1.29 is 14.3 Å². The zero-order valence-electron chi connectivity index (χ0n) is 17.1. The fourth-order valence-corrected chi connectivity index (χ4v) is 2.70. The molecule has 0 spiro atoms. The lowest BCUT2D eigenvalue weighted by Gasteiger charge is -2.21. The Labute approximate surface area is 168 Å². The molecule has 0 aliphatic carbocycles. The molecule has 3 nitrogen and oxygen atoms in total. The Morgan fingerprint density at radius 2 is 1.86 bits per heavy atom. The molecule has 0 heterocycles. The van der Waals surface area contributed by atoms with Crippen LogP contribution in [0, 0.1) is 6.92 Å². The predicted molar refractivity (Wildman–Crippen MR) is 116 cm³/mol. The van der Waals surface area contributed by atoms with E-state index in [0.29, 0.717) is 17.7 Å². The summed E-state index contributed by atoms with van der Waals surface area (Å²) in [6.07, 6.45) is 7.20. The average molecular weight is 379 g/mol. The molecule has 0 saturated carbocycles. The van der Waals surface area contributed by atoms with Crippen molar-refractivity contribution in [2.24, 2.45) is 0 Å². The lowest BCUT2D eigenvalue weighted by Crippen LogP contribution is -2.25. The molecule has 1 atom stereocenters. The van der Waals surface area contributed by atoms with E-state index < -0.39 is 12.3 Å². The van der Waals surface area contributed by atoms with Crippen molar-refractivity contribution in [3.63, 3.8) is 0 Å². The van der Waals surface area contributed by atoms with Gasteiger partial charge in [-0.3, -0.25) is 0 Å². The molecule has 0 radical (unpaired) electrons. The molecule has 2 rings (SSSR count). The summed E-state index contributed by atoms with van der Waals surface area (Å²) in [5.74, 6) is 0.290. The quantitative estimate of drug-likeness (QED) is 0.154. The van der Waals surface area contributed by atoms with E-state index in [4.69, 9.17) is 9.47 Å². The minimum atomic E-state index is -0.624. The normalized spacial score (nSPS) is 12.0. The van der Waals surface area contributed by atoms with Gasteiger partial charge < -0.3 is 9.47 Å². The van der Waals surface area contributed by atoms with E-state index in [0.717, 1.165) is 36.0 Å². The molecule has 2 aromatic rings. The second-order valence-electron chi connectivity index (χ2n) is 7.01. The van der Waals surface area contributed by atoms with Crippen LogP contribution in [0.1, 0.15) is 56.2 Å². The Morgan fingerprint density at radius 1 is 1.11 bits per heavy atom. The van der Waals surface area contributed by atoms with Gasteiger partial charge in [0.25, 0.3) is 0 Å². The first-order valence-corrected chi connectivity index (χ1v) is 9.86. The van der Waals surface area contributed by atoms with E-state index in [2.05, 4.69) is 13.5 Å². The first kappa shape index (κ1) is 21.5. The van der Waals surface area contributed by atoms with Crippen LogP contribution in [0.25, 0.3) is 12.2 Å². The van der Waals surface area contributed by atoms with Gasteiger partial charge >= 0.3 is 5.97 Å². The number of hydrogen-bond acceptors (Lipinski definition) is 3. The molecule has 0 aromatic heterocycles. The van der Waals surface area contributed by atoms with Gasteiger partial charge in [-0.2, -0.15) is 0 Å². The van der Waals surface area contributed by atoms with Crippen LogP contribution >= 0.6 is 0 Å². The maximum absolute atomic E-state index is 12.0. The van der Waals surface area contributed by atoms with Crippen molar-refractivity contribution in [2.45, 2.75) is 52.7 Å². The van der Waals surface area contributed by atoms with Crippen LogP contribution in [0.3, 0.4) is 0 Å². The molecule has 1 unspecified atom stereocenters. The van der Waals surface area contributed by atoms with E-state index in [9.17, 15) is 4.79 Å². The summed E-state index contributed by atoms with van der Waals surface area (Å²) in [5, 5.41) is 0. The number of carbonyl (C=O) groups excluding carboxylic acids is 1. The molecule has 0 fully saturated rings. The van der Waals surface area contributed by atoms with Crippen LogP contribution < -0.4 is 4.74 Å². The molecule has 28 heavy (non-hydrogen) atoms. The van der Waals surface area contributed by atoms with Crippen LogP contribution in [-0.4, -0.2) is 12.3 Å². The largest absolute Gasteiger partial charge is 0.454 e. The zero-order valence-corrected chi connectivity index (χ0v) is 17.1. The van der Waals surface area contributed by atoms with Crippen molar-refractivity contribution in [1.82, 2.24) is 0 Å². The smallest absolute Gasteiger partial charge is 0.336 e. The monoisotopic (exact) mass is 378 g/mol. The number of carbonyl (C=O) groups is 1. The fraction of sp³-hybridized carbons (Fsp3) is 0.320. The number of hydrogen-bond donors (Lipinski definition) is 0. The Morgan fingerprint density at radius 3 is 2.54 bits per heavy atom. The van der Waals surface area contributed by atoms with Crippen molar-refractivity contribution in [2.75, 3.05) is 0 Å². The van der Waals surface area contributed by atoms with E-state index in [1.54, 1.807) is 6.92 Å². The minimum Gasteiger partial charge on any atom is -0.454 e. The van der Waals surface area contributed by atoms with Crippen LogP contribution in [-0.2, 0) is 9.53 Å². The SMILES string of the molecule is C=C(C)C(=O)OC(CCCCC)Oc1cc(C)ccc1/C=C/c1ccccc1. The molecule has 3 heteroatoms. The van der Waals surface area contributed by atoms with E-state index in [-0.39, 0.29) is 0 Å². The number of esters is 1. The van der Waals surface area contributed by atoms with Crippen LogP contribution in [0.15, 0.2) is 60.7 Å². The highest BCUT2D eigenvalue weighted by Gasteiger charge is 2.17. The number of unbranched alkanes of at least 4 members (excludes halogenated alkanes) is 2. The topological polar surface area (TPSA) is 35.5 Å². The molecule has 0 aliphatic rings. The van der Waals surface area contributed by atoms with Crippen LogP contribution in [0.2, 0.25) is 0 Å². The van der Waals surface area contributed by atoms with Gasteiger partial charge in [-0.25, -0.2) is 4.79 Å². The van der Waals surface area contributed by atoms with E-state index >= 15 is 0 Å². The zero-order chi connectivity index (χ0) is 20.4. The molecule has 2 aromatic carbocycles. The molecule has 148 valence electrons. The third kappa shape index (κ3) is 7.07. The van der Waals surface area contributed by atoms with E-state index in [1.165, 1.54) is 0 Å². The summed E-state index contributed by atoms with van der Waals surface area (Å²) in [6.45, 7) is 9.47. The fourth-order valence-electron chi connectivity index (χ4n) is 2.70. The van der Waals surface area contributed by atoms with Gasteiger partial charge in [-0.15, -0.1) is 0 Å². The number of aryl methyl sites for hydroxylation is 1. The van der Waals surface area contributed by atoms with Crippen molar-refractivity contribution in [3.8, 4) is 5.75 Å². The Hall–Kier alpha value is -2.81. The van der Waals surface area contributed by atoms with Gasteiger partial charge in [0.15, 0.2) is 0 Å². The summed E-state index contributed by atoms with van der Waals surface area (Å²) < 4.78 is 11.7. The highest BCUT2D eigenvalue weighted by atomic mass is 16.7. The second kappa shape index (κ2) is 11.1. The maximum atomic E-state index is 12.0. The van der Waals surface area contributed by atoms with Gasteiger partial charge in [0.2, 0.25) is 6.29 Å². The summed E-state index contributed by atoms with van der Waals surface area (Å²) >= 11 is 0. The van der Waals surface area contributed by atoms with Crippen molar-refractivity contribution in [3.05, 3.63) is 77.4 Å². The predicted octanol–water partition coefficient (Wildman–Crippen LogP) is 6.57. The van der Waals surface area contributed by atoms with Crippen molar-refractivity contribution in [1.29, 1.82) is 0 Å². The summed E-state index contributed by atoms with van der Waals surface area (Å²) in [7, 11) is 0. The molecular weight excluding hydrogens is 348 g/mol. The summed E-state index contributed by atoms with van der Waals surface area (Å²) in [5.41, 5.74) is 3.52. The minimum absolute atomic E-state index is 0.373. The summed E-state index contributed by atoms with van der Waals surface area (Å²) in [4.78, 5) is 12.0. The van der Waals surface area contributed by atoms with Gasteiger partial charge in [0, 0.05) is 17.6 Å². The van der Waals surface area contributed by atoms with Gasteiger partial charge in [0.05, 0.1) is 0 Å². The highest BCUT2D eigenvalue weighted by molar-refractivity contribution is 5.87. The Bertz CT molecular complexity index is 806. The maximum Gasteiger partial charge on any atom is 0.336 e. The van der Waals surface area contributed by atoms with E-state index in [1.807, 2.05) is 67.6 Å². The van der Waals surface area contributed by atoms with Gasteiger partial charge in [-0.1, -0.05) is 81.0 Å². The lowest BCUT2D eigenvalue weighted by molar-refractivity contribution is -0.159. The molecule has 0 N–H and O–H groups in total. The molecule has 0 amide bonds. The number of ether oxygens (including phenoxy) is 2. The molecular formula is C25H30O3. The third-order valence-electron chi connectivity index (χ3n) is 4.31. The number of rotatable bonds is 10.